The van der Waals surface area contributed by atoms with E-state index in [0.29, 0.717) is 17.8 Å². The van der Waals surface area contributed by atoms with Crippen LogP contribution in [0.2, 0.25) is 0 Å². The Kier molecular flexibility index (Phi) is 5.96. The van der Waals surface area contributed by atoms with Gasteiger partial charge >= 0.3 is 6.03 Å². The Morgan fingerprint density at radius 1 is 1.14 bits per heavy atom. The van der Waals surface area contributed by atoms with Crippen LogP contribution in [0.1, 0.15) is 61.2 Å². The van der Waals surface area contributed by atoms with Gasteiger partial charge < -0.3 is 20.1 Å². The highest BCUT2D eigenvalue weighted by molar-refractivity contribution is 5.95. The van der Waals surface area contributed by atoms with Gasteiger partial charge in [-0.3, -0.25) is 4.79 Å². The van der Waals surface area contributed by atoms with Gasteiger partial charge in [0.15, 0.2) is 0 Å². The molecule has 3 rings (SSSR count). The number of aryl methyl sites for hydroxylation is 1. The molecule has 1 aromatic carbocycles. The van der Waals surface area contributed by atoms with Crippen LogP contribution in [0.3, 0.4) is 0 Å². The normalized spacial score (nSPS) is 13.6. The van der Waals surface area contributed by atoms with Gasteiger partial charge in [0.2, 0.25) is 0 Å². The van der Waals surface area contributed by atoms with Gasteiger partial charge in [-0.25, -0.2) is 9.78 Å². The Balaban J connectivity index is 1.60. The Morgan fingerprint density at radius 3 is 2.41 bits per heavy atom. The van der Waals surface area contributed by atoms with Crippen molar-refractivity contribution < 1.29 is 9.59 Å². The van der Waals surface area contributed by atoms with E-state index in [0.717, 1.165) is 18.7 Å². The summed E-state index contributed by atoms with van der Waals surface area (Å²) < 4.78 is 2.13. The summed E-state index contributed by atoms with van der Waals surface area (Å²) in [5, 5.41) is 5.80. The molecule has 1 aromatic heterocycles. The molecule has 1 aliphatic rings. The molecule has 1 aliphatic carbocycles. The van der Waals surface area contributed by atoms with Crippen LogP contribution in [-0.4, -0.2) is 39.0 Å². The average Bonchev–Trinajstić information content (AvgIpc) is 2.97. The number of nitrogens with zero attached hydrogens (tertiary/aromatic N) is 3. The van der Waals surface area contributed by atoms with E-state index >= 15 is 0 Å². The van der Waals surface area contributed by atoms with Crippen LogP contribution in [0.25, 0.3) is 0 Å². The molecular formula is C22H31N5O2. The van der Waals surface area contributed by atoms with Crippen molar-refractivity contribution >= 4 is 17.6 Å². The molecule has 3 amide bonds. The van der Waals surface area contributed by atoms with Crippen LogP contribution in [0.15, 0.2) is 24.3 Å². The van der Waals surface area contributed by atoms with Gasteiger partial charge in [0.05, 0.1) is 12.2 Å². The van der Waals surface area contributed by atoms with Crippen LogP contribution in [-0.2, 0) is 26.4 Å². The van der Waals surface area contributed by atoms with E-state index in [2.05, 4.69) is 15.2 Å². The number of rotatable bonds is 4. The Labute approximate surface area is 172 Å². The van der Waals surface area contributed by atoms with Gasteiger partial charge in [-0.1, -0.05) is 0 Å². The predicted molar refractivity (Wildman–Crippen MR) is 114 cm³/mol. The Morgan fingerprint density at radius 2 is 1.79 bits per heavy atom. The topological polar surface area (TPSA) is 79.3 Å². The van der Waals surface area contributed by atoms with Gasteiger partial charge in [-0.05, 0) is 70.7 Å². The zero-order valence-corrected chi connectivity index (χ0v) is 18.0. The third-order valence-electron chi connectivity index (χ3n) is 5.08. The van der Waals surface area contributed by atoms with E-state index in [9.17, 15) is 9.59 Å². The summed E-state index contributed by atoms with van der Waals surface area (Å²) in [5.41, 5.74) is 3.38. The number of anilines is 1. The number of nitrogens with one attached hydrogen (secondary N) is 2. The second-order valence-electron chi connectivity index (χ2n) is 8.76. The zero-order chi connectivity index (χ0) is 21.2. The van der Waals surface area contributed by atoms with Crippen LogP contribution in [0.4, 0.5) is 10.5 Å². The highest BCUT2D eigenvalue weighted by atomic mass is 16.2. The maximum Gasteiger partial charge on any atom is 0.321 e. The molecule has 7 heteroatoms. The van der Waals surface area contributed by atoms with Gasteiger partial charge in [0.1, 0.15) is 5.82 Å². The van der Waals surface area contributed by atoms with Crippen molar-refractivity contribution in [2.45, 2.75) is 58.5 Å². The zero-order valence-electron chi connectivity index (χ0n) is 18.0. The lowest BCUT2D eigenvalue weighted by Gasteiger charge is -2.20. The summed E-state index contributed by atoms with van der Waals surface area (Å²) >= 11 is 0. The predicted octanol–water partition coefficient (Wildman–Crippen LogP) is 3.49. The molecule has 0 saturated carbocycles. The van der Waals surface area contributed by atoms with Crippen LogP contribution in [0.5, 0.6) is 0 Å². The molecule has 0 saturated heterocycles. The first kappa shape index (κ1) is 20.9. The fraction of sp³-hybridized carbons (Fsp3) is 0.500. The number of imidazole rings is 1. The molecule has 0 fully saturated rings. The van der Waals surface area contributed by atoms with E-state index in [4.69, 9.17) is 4.98 Å². The van der Waals surface area contributed by atoms with E-state index in [1.54, 1.807) is 36.2 Å². The summed E-state index contributed by atoms with van der Waals surface area (Å²) in [6, 6.07) is 6.69. The standard InChI is InChI=1S/C22H31N5O2/c1-22(2,3)25-20(28)15-10-12-16(13-11-15)23-21(29)26(4)14-19-24-17-8-6-7-9-18(17)27(19)5/h10-13H,6-9,14H2,1-5H3,(H,23,29)(H,25,28). The molecule has 1 heterocycles. The van der Waals surface area contributed by atoms with Gasteiger partial charge in [-0.15, -0.1) is 0 Å². The maximum atomic E-state index is 12.6. The Hall–Kier alpha value is -2.83. The van der Waals surface area contributed by atoms with Crippen LogP contribution < -0.4 is 10.6 Å². The highest BCUT2D eigenvalue weighted by Gasteiger charge is 2.20. The molecule has 0 radical (unpaired) electrons. The molecule has 29 heavy (non-hydrogen) atoms. The van der Waals surface area contributed by atoms with Crippen molar-refractivity contribution in [2.24, 2.45) is 7.05 Å². The number of hydrogen-bond acceptors (Lipinski definition) is 3. The lowest BCUT2D eigenvalue weighted by Crippen LogP contribution is -2.40. The van der Waals surface area contributed by atoms with E-state index in [1.165, 1.54) is 24.2 Å². The maximum absolute atomic E-state index is 12.6. The summed E-state index contributed by atoms with van der Waals surface area (Å²) in [6.45, 7) is 6.26. The number of fused-ring (bicyclic) bond motifs is 1. The number of aromatic nitrogens is 2. The number of amides is 3. The van der Waals surface area contributed by atoms with Gasteiger partial charge in [0.25, 0.3) is 5.91 Å². The van der Waals surface area contributed by atoms with Crippen LogP contribution in [0, 0.1) is 0 Å². The second-order valence-corrected chi connectivity index (χ2v) is 8.76. The molecule has 2 aromatic rings. The minimum atomic E-state index is -0.295. The van der Waals surface area contributed by atoms with Gasteiger partial charge in [0, 0.05) is 36.6 Å². The molecule has 0 bridgehead atoms. The number of urea groups is 1. The molecule has 2 N–H and O–H groups in total. The second kappa shape index (κ2) is 8.27. The third kappa shape index (κ3) is 5.16. The van der Waals surface area contributed by atoms with Crippen molar-refractivity contribution in [2.75, 3.05) is 12.4 Å². The molecule has 0 unspecified atom stereocenters. The van der Waals surface area contributed by atoms with Crippen molar-refractivity contribution in [1.29, 1.82) is 0 Å². The smallest absolute Gasteiger partial charge is 0.321 e. The Bertz CT molecular complexity index is 893. The summed E-state index contributed by atoms with van der Waals surface area (Å²) in [6.07, 6.45) is 4.47. The first-order valence-electron chi connectivity index (χ1n) is 10.1. The number of carbonyl (C=O) groups excluding carboxylic acids is 2. The largest absolute Gasteiger partial charge is 0.347 e. The number of hydrogen-bond donors (Lipinski definition) is 2. The van der Waals surface area contributed by atoms with E-state index in [-0.39, 0.29) is 17.5 Å². The summed E-state index contributed by atoms with van der Waals surface area (Å²) in [4.78, 5) is 31.1. The fourth-order valence-electron chi connectivity index (χ4n) is 3.50. The van der Waals surface area contributed by atoms with Crippen molar-refractivity contribution in [1.82, 2.24) is 19.8 Å². The third-order valence-corrected chi connectivity index (χ3v) is 5.08. The molecule has 0 aliphatic heterocycles. The minimum Gasteiger partial charge on any atom is -0.347 e. The number of benzene rings is 1. The monoisotopic (exact) mass is 397 g/mol. The quantitative estimate of drug-likeness (QED) is 0.829. The summed E-state index contributed by atoms with van der Waals surface area (Å²) in [7, 11) is 3.79. The first-order chi connectivity index (χ1) is 13.6. The number of carbonyl (C=O) groups is 2. The lowest BCUT2D eigenvalue weighted by molar-refractivity contribution is 0.0919. The minimum absolute atomic E-state index is 0.133. The van der Waals surface area contributed by atoms with Crippen molar-refractivity contribution in [3.63, 3.8) is 0 Å². The van der Waals surface area contributed by atoms with Crippen LogP contribution >= 0.6 is 0 Å². The first-order valence-corrected chi connectivity index (χ1v) is 10.1. The van der Waals surface area contributed by atoms with Crippen molar-refractivity contribution in [3.8, 4) is 0 Å². The molecular weight excluding hydrogens is 366 g/mol. The van der Waals surface area contributed by atoms with Crippen molar-refractivity contribution in [3.05, 3.63) is 47.0 Å². The molecule has 0 spiro atoms. The summed E-state index contributed by atoms with van der Waals surface area (Å²) in [5.74, 6) is 0.773. The molecule has 156 valence electrons. The highest BCUT2D eigenvalue weighted by Crippen LogP contribution is 2.22. The fourth-order valence-corrected chi connectivity index (χ4v) is 3.50. The SMILES string of the molecule is CN(Cc1nc2c(n1C)CCCC2)C(=O)Nc1ccc(C(=O)NC(C)(C)C)cc1. The van der Waals surface area contributed by atoms with Gasteiger partial charge in [-0.2, -0.15) is 0 Å². The van der Waals surface area contributed by atoms with E-state index in [1.807, 2.05) is 27.8 Å². The molecule has 7 nitrogen and oxygen atoms in total. The van der Waals surface area contributed by atoms with E-state index < -0.39 is 0 Å². The molecule has 0 atom stereocenters. The lowest BCUT2D eigenvalue weighted by atomic mass is 10.0. The average molecular weight is 398 g/mol.